The minimum Gasteiger partial charge on any atom is -0.392 e. The summed E-state index contributed by atoms with van der Waals surface area (Å²) < 4.78 is 47.3. The van der Waals surface area contributed by atoms with Crippen LogP contribution in [0.2, 0.25) is 0 Å². The van der Waals surface area contributed by atoms with Crippen molar-refractivity contribution < 1.29 is 28.1 Å². The monoisotopic (exact) mass is 329 g/mol. The number of aliphatic hydroxyl groups is 2. The lowest BCUT2D eigenvalue weighted by atomic mass is 9.87. The van der Waals surface area contributed by atoms with Crippen molar-refractivity contribution in [1.29, 1.82) is 0 Å². The Morgan fingerprint density at radius 2 is 2.00 bits per heavy atom. The van der Waals surface area contributed by atoms with E-state index in [1.54, 1.807) is 19.0 Å². The molecule has 0 saturated carbocycles. The third-order valence-corrected chi connectivity index (χ3v) is 3.94. The van der Waals surface area contributed by atoms with E-state index in [-0.39, 0.29) is 13.0 Å². The molecule has 0 radical (unpaired) electrons. The number of amidine groups is 1. The van der Waals surface area contributed by atoms with Crippen molar-refractivity contribution in [3.05, 3.63) is 0 Å². The quantitative estimate of drug-likeness (QED) is 0.290. The zero-order chi connectivity index (χ0) is 16.4. The van der Waals surface area contributed by atoms with Gasteiger partial charge in [-0.15, -0.1) is 0 Å². The second kappa shape index (κ2) is 6.58. The van der Waals surface area contributed by atoms with E-state index in [0.29, 0.717) is 12.1 Å². The van der Waals surface area contributed by atoms with Gasteiger partial charge in [-0.3, -0.25) is 0 Å². The number of ether oxygens (including phenoxy) is 1. The molecular weight excluding hydrogens is 309 g/mol. The zero-order valence-electron chi connectivity index (χ0n) is 12.0. The van der Waals surface area contributed by atoms with Crippen molar-refractivity contribution >= 4 is 24.0 Å². The summed E-state index contributed by atoms with van der Waals surface area (Å²) in [6, 6.07) is 0. The van der Waals surface area contributed by atoms with Crippen LogP contribution in [0.3, 0.4) is 0 Å². The Hall–Kier alpha value is -0.730. The first-order valence-electron chi connectivity index (χ1n) is 6.33. The Labute approximate surface area is 126 Å². The first-order valence-corrected chi connectivity index (χ1v) is 6.77. The molecule has 4 atom stereocenters. The number of thiol groups is 1. The van der Waals surface area contributed by atoms with Crippen LogP contribution in [0, 0.1) is 5.92 Å². The van der Waals surface area contributed by atoms with Crippen LogP contribution < -0.4 is 4.67 Å². The molecule has 1 heterocycles. The summed E-state index contributed by atoms with van der Waals surface area (Å²) in [4.78, 5) is 1.63. The predicted molar refractivity (Wildman–Crippen MR) is 76.4 cm³/mol. The maximum Gasteiger partial charge on any atom is 0.419 e. The molecule has 0 aromatic rings. The molecule has 0 bridgehead atoms. The van der Waals surface area contributed by atoms with Gasteiger partial charge in [-0.2, -0.15) is 13.2 Å². The van der Waals surface area contributed by atoms with Crippen molar-refractivity contribution in [2.75, 3.05) is 20.7 Å². The summed E-state index contributed by atoms with van der Waals surface area (Å²) in [6.07, 6.45) is -6.34. The SMILES string of the molecule is CN(C)C(S)=[N+]=CC1COC(C(C)(O)C(F)(F)F)CC1O. The van der Waals surface area contributed by atoms with Crippen LogP contribution in [0.5, 0.6) is 0 Å². The topological polar surface area (TPSA) is 67.0 Å². The highest BCUT2D eigenvalue weighted by Crippen LogP contribution is 2.37. The summed E-state index contributed by atoms with van der Waals surface area (Å²) in [5.74, 6) is -0.549. The summed E-state index contributed by atoms with van der Waals surface area (Å²) in [5.41, 5.74) is -3.00. The van der Waals surface area contributed by atoms with E-state index in [0.717, 1.165) is 0 Å². The van der Waals surface area contributed by atoms with Crippen molar-refractivity contribution in [2.24, 2.45) is 5.92 Å². The van der Waals surface area contributed by atoms with Crippen LogP contribution in [0.1, 0.15) is 13.3 Å². The molecule has 4 unspecified atom stereocenters. The van der Waals surface area contributed by atoms with Gasteiger partial charge in [0.05, 0.1) is 38.8 Å². The van der Waals surface area contributed by atoms with Crippen molar-refractivity contribution in [3.8, 4) is 0 Å². The highest BCUT2D eigenvalue weighted by molar-refractivity contribution is 7.96. The maximum atomic E-state index is 12.7. The molecule has 5 nitrogen and oxygen atoms in total. The van der Waals surface area contributed by atoms with E-state index in [9.17, 15) is 23.4 Å². The number of alkyl halides is 3. The van der Waals surface area contributed by atoms with E-state index >= 15 is 0 Å². The smallest absolute Gasteiger partial charge is 0.392 e. The van der Waals surface area contributed by atoms with E-state index in [1.165, 1.54) is 6.21 Å². The average Bonchev–Trinajstić information content (AvgIpc) is 2.35. The third-order valence-electron chi connectivity index (χ3n) is 3.42. The molecule has 2 N–H and O–H groups in total. The number of halogens is 3. The van der Waals surface area contributed by atoms with Crippen LogP contribution in [-0.4, -0.2) is 71.2 Å². The molecule has 0 aliphatic carbocycles. The zero-order valence-corrected chi connectivity index (χ0v) is 12.9. The first kappa shape index (κ1) is 18.3. The molecule has 122 valence electrons. The lowest BCUT2D eigenvalue weighted by molar-refractivity contribution is -0.298. The largest absolute Gasteiger partial charge is 0.419 e. The van der Waals surface area contributed by atoms with E-state index < -0.39 is 29.9 Å². The van der Waals surface area contributed by atoms with Gasteiger partial charge in [0.2, 0.25) is 0 Å². The summed E-state index contributed by atoms with van der Waals surface area (Å²) in [5, 5.41) is 19.9. The van der Waals surface area contributed by atoms with Gasteiger partial charge < -0.3 is 14.9 Å². The third kappa shape index (κ3) is 4.37. The molecule has 0 spiro atoms. The van der Waals surface area contributed by atoms with Gasteiger partial charge >= 0.3 is 11.3 Å². The standard InChI is InChI=1S/C12H19F3N2O3S/c1-11(19,12(13,14)15)9-4-8(18)7(6-20-9)5-16-10(21)17(2)3/h5,7-9,18-19H,4,6H2,1-3H3/p+1. The summed E-state index contributed by atoms with van der Waals surface area (Å²) >= 11 is 4.09. The van der Waals surface area contributed by atoms with Crippen LogP contribution in [0.4, 0.5) is 13.2 Å². The molecular formula is C12H20F3N2O3S+. The van der Waals surface area contributed by atoms with Gasteiger partial charge in [0.1, 0.15) is 0 Å². The number of hydrogen-bond acceptors (Lipinski definition) is 3. The van der Waals surface area contributed by atoms with Gasteiger partial charge in [-0.25, -0.2) is 9.57 Å². The van der Waals surface area contributed by atoms with Gasteiger partial charge in [0, 0.05) is 6.42 Å². The number of nitrogens with zero attached hydrogens (tertiary/aromatic N) is 2. The van der Waals surface area contributed by atoms with Crippen LogP contribution in [0.15, 0.2) is 0 Å². The van der Waals surface area contributed by atoms with Gasteiger partial charge in [0.25, 0.3) is 0 Å². The van der Waals surface area contributed by atoms with Crippen molar-refractivity contribution in [2.45, 2.75) is 37.3 Å². The van der Waals surface area contributed by atoms with Gasteiger partial charge in [-0.1, -0.05) is 0 Å². The molecule has 1 aliphatic heterocycles. The number of rotatable bonds is 2. The summed E-state index contributed by atoms with van der Waals surface area (Å²) in [6.45, 7) is 0.487. The van der Waals surface area contributed by atoms with Crippen molar-refractivity contribution in [3.63, 3.8) is 0 Å². The van der Waals surface area contributed by atoms with E-state index in [2.05, 4.69) is 17.3 Å². The Kier molecular flexibility index (Phi) is 5.74. The molecule has 1 rings (SSSR count). The normalized spacial score (nSPS) is 29.3. The highest BCUT2D eigenvalue weighted by atomic mass is 32.1. The number of hydrogen-bond donors (Lipinski definition) is 3. The second-order valence-corrected chi connectivity index (χ2v) is 5.81. The fourth-order valence-corrected chi connectivity index (χ4v) is 1.86. The van der Waals surface area contributed by atoms with Gasteiger partial charge in [0.15, 0.2) is 11.8 Å². The lowest BCUT2D eigenvalue weighted by Crippen LogP contribution is -2.57. The van der Waals surface area contributed by atoms with E-state index in [4.69, 9.17) is 4.74 Å². The molecule has 9 heteroatoms. The minimum atomic E-state index is -4.82. The fourth-order valence-electron chi connectivity index (χ4n) is 1.80. The van der Waals surface area contributed by atoms with Crippen LogP contribution in [0.25, 0.3) is 0 Å². The van der Waals surface area contributed by atoms with Crippen LogP contribution in [-0.2, 0) is 4.74 Å². The second-order valence-electron chi connectivity index (χ2n) is 5.41. The average molecular weight is 329 g/mol. The molecule has 0 aromatic carbocycles. The number of aliphatic hydroxyl groups excluding tert-OH is 1. The Bertz CT molecular complexity index is 434. The van der Waals surface area contributed by atoms with E-state index in [1.807, 2.05) is 0 Å². The Morgan fingerprint density at radius 1 is 1.43 bits per heavy atom. The first-order chi connectivity index (χ1) is 9.46. The molecule has 0 aromatic heterocycles. The van der Waals surface area contributed by atoms with Gasteiger partial charge in [-0.05, 0) is 19.6 Å². The maximum absolute atomic E-state index is 12.7. The Balaban J connectivity index is 2.78. The highest BCUT2D eigenvalue weighted by Gasteiger charge is 2.57. The molecule has 1 saturated heterocycles. The van der Waals surface area contributed by atoms with Crippen molar-refractivity contribution in [1.82, 2.24) is 9.57 Å². The van der Waals surface area contributed by atoms with Crippen LogP contribution >= 0.6 is 12.6 Å². The predicted octanol–water partition coefficient (Wildman–Crippen LogP) is 0.0511. The lowest BCUT2D eigenvalue weighted by Gasteiger charge is -2.39. The summed E-state index contributed by atoms with van der Waals surface area (Å²) in [7, 11) is 3.45. The molecule has 1 fully saturated rings. The Morgan fingerprint density at radius 3 is 2.43 bits per heavy atom. The molecule has 21 heavy (non-hydrogen) atoms. The fraction of sp³-hybridized carbons (Fsp3) is 0.833. The minimum absolute atomic E-state index is 0.157. The molecule has 0 amide bonds. The molecule has 1 aliphatic rings.